The molecule has 1 N–H and O–H groups in total. The van der Waals surface area contributed by atoms with E-state index in [1.807, 2.05) is 0 Å². The van der Waals surface area contributed by atoms with Gasteiger partial charge >= 0.3 is 0 Å². The van der Waals surface area contributed by atoms with Crippen LogP contribution in [0, 0.1) is 0 Å². The highest BCUT2D eigenvalue weighted by molar-refractivity contribution is 4.77. The predicted molar refractivity (Wildman–Crippen MR) is 62.1 cm³/mol. The normalized spacial score (nSPS) is 24.4. The van der Waals surface area contributed by atoms with E-state index in [1.165, 1.54) is 0 Å². The molecule has 0 amide bonds. The highest BCUT2D eigenvalue weighted by Gasteiger charge is 2.20. The van der Waals surface area contributed by atoms with Crippen molar-refractivity contribution < 1.29 is 9.47 Å². The third-order valence-electron chi connectivity index (χ3n) is 3.06. The van der Waals surface area contributed by atoms with Gasteiger partial charge in [0.05, 0.1) is 18.8 Å². The lowest BCUT2D eigenvalue weighted by Gasteiger charge is -2.27. The minimum absolute atomic E-state index is 0.212. The van der Waals surface area contributed by atoms with Gasteiger partial charge in [0.25, 0.3) is 0 Å². The van der Waals surface area contributed by atoms with E-state index in [0.717, 1.165) is 32.6 Å². The summed E-state index contributed by atoms with van der Waals surface area (Å²) < 4.78 is 11.1. The highest BCUT2D eigenvalue weighted by atomic mass is 16.5. The first-order chi connectivity index (χ1) is 7.03. The molecule has 2 atom stereocenters. The van der Waals surface area contributed by atoms with Crippen molar-refractivity contribution in [3.05, 3.63) is 0 Å². The molecule has 0 saturated carbocycles. The van der Waals surface area contributed by atoms with Gasteiger partial charge in [-0.05, 0) is 33.6 Å². The molecule has 90 valence electrons. The fraction of sp³-hybridized carbons (Fsp3) is 1.00. The Balaban J connectivity index is 2.15. The van der Waals surface area contributed by atoms with Crippen molar-refractivity contribution in [3.63, 3.8) is 0 Å². The Morgan fingerprint density at radius 1 is 1.53 bits per heavy atom. The van der Waals surface area contributed by atoms with Crippen LogP contribution in [0.25, 0.3) is 0 Å². The Morgan fingerprint density at radius 3 is 2.80 bits per heavy atom. The van der Waals surface area contributed by atoms with Crippen LogP contribution in [0.3, 0.4) is 0 Å². The van der Waals surface area contributed by atoms with Gasteiger partial charge in [-0.1, -0.05) is 6.92 Å². The lowest BCUT2D eigenvalue weighted by atomic mass is 10.0. The number of hydrogen-bond acceptors (Lipinski definition) is 3. The standard InChI is InChI=1S/C12H25NO2/c1-5-12(3,4)13-8-10(2)15-11-6-7-14-9-11/h10-11,13H,5-9H2,1-4H3. The zero-order valence-corrected chi connectivity index (χ0v) is 10.5. The second-order valence-corrected chi connectivity index (χ2v) is 5.05. The molecule has 1 aliphatic rings. The van der Waals surface area contributed by atoms with Crippen molar-refractivity contribution >= 4 is 0 Å². The molecule has 0 aromatic heterocycles. The first-order valence-corrected chi connectivity index (χ1v) is 6.02. The van der Waals surface area contributed by atoms with Crippen LogP contribution in [0.4, 0.5) is 0 Å². The zero-order valence-electron chi connectivity index (χ0n) is 10.5. The number of ether oxygens (including phenoxy) is 2. The van der Waals surface area contributed by atoms with Crippen LogP contribution in [0.5, 0.6) is 0 Å². The van der Waals surface area contributed by atoms with E-state index in [-0.39, 0.29) is 11.6 Å². The maximum atomic E-state index is 5.86. The second-order valence-electron chi connectivity index (χ2n) is 5.05. The predicted octanol–water partition coefficient (Wildman–Crippen LogP) is 1.96. The van der Waals surface area contributed by atoms with E-state index in [0.29, 0.717) is 6.10 Å². The molecule has 1 rings (SSSR count). The lowest BCUT2D eigenvalue weighted by molar-refractivity contribution is -0.00832. The SMILES string of the molecule is CCC(C)(C)NCC(C)OC1CCOC1. The molecule has 0 aromatic carbocycles. The van der Waals surface area contributed by atoms with Crippen molar-refractivity contribution in [1.29, 1.82) is 0 Å². The average Bonchev–Trinajstić information content (AvgIpc) is 2.68. The van der Waals surface area contributed by atoms with Crippen LogP contribution in [0.15, 0.2) is 0 Å². The maximum absolute atomic E-state index is 5.86. The van der Waals surface area contributed by atoms with Crippen LogP contribution in [-0.2, 0) is 9.47 Å². The molecule has 3 heteroatoms. The minimum atomic E-state index is 0.212. The number of hydrogen-bond donors (Lipinski definition) is 1. The van der Waals surface area contributed by atoms with Crippen molar-refractivity contribution in [2.75, 3.05) is 19.8 Å². The summed E-state index contributed by atoms with van der Waals surface area (Å²) in [4.78, 5) is 0. The Hall–Kier alpha value is -0.120. The van der Waals surface area contributed by atoms with Gasteiger partial charge in [0.1, 0.15) is 0 Å². The van der Waals surface area contributed by atoms with Crippen molar-refractivity contribution in [1.82, 2.24) is 5.32 Å². The summed E-state index contributed by atoms with van der Waals surface area (Å²) in [5.41, 5.74) is 0.212. The summed E-state index contributed by atoms with van der Waals surface area (Å²) in [7, 11) is 0. The summed E-state index contributed by atoms with van der Waals surface area (Å²) >= 11 is 0. The zero-order chi connectivity index (χ0) is 11.3. The Bertz CT molecular complexity index is 176. The molecule has 0 aliphatic carbocycles. The van der Waals surface area contributed by atoms with E-state index >= 15 is 0 Å². The summed E-state index contributed by atoms with van der Waals surface area (Å²) in [6, 6.07) is 0. The molecular formula is C12H25NO2. The third-order valence-corrected chi connectivity index (χ3v) is 3.06. The molecule has 15 heavy (non-hydrogen) atoms. The molecule has 1 aliphatic heterocycles. The van der Waals surface area contributed by atoms with Gasteiger partial charge in [-0.15, -0.1) is 0 Å². The van der Waals surface area contributed by atoms with Crippen LogP contribution >= 0.6 is 0 Å². The van der Waals surface area contributed by atoms with Crippen LogP contribution in [0.1, 0.15) is 40.5 Å². The Morgan fingerprint density at radius 2 is 2.27 bits per heavy atom. The molecule has 1 saturated heterocycles. The Kier molecular flexibility index (Phi) is 5.03. The van der Waals surface area contributed by atoms with E-state index in [1.54, 1.807) is 0 Å². The molecule has 0 aromatic rings. The van der Waals surface area contributed by atoms with E-state index in [4.69, 9.17) is 9.47 Å². The Labute approximate surface area is 93.5 Å². The summed E-state index contributed by atoms with van der Waals surface area (Å²) in [5, 5.41) is 3.52. The summed E-state index contributed by atoms with van der Waals surface area (Å²) in [6.45, 7) is 11.3. The highest BCUT2D eigenvalue weighted by Crippen LogP contribution is 2.12. The first-order valence-electron chi connectivity index (χ1n) is 6.02. The quantitative estimate of drug-likeness (QED) is 0.734. The van der Waals surface area contributed by atoms with Crippen LogP contribution in [-0.4, -0.2) is 37.5 Å². The molecule has 0 bridgehead atoms. The van der Waals surface area contributed by atoms with Gasteiger partial charge in [0, 0.05) is 18.7 Å². The van der Waals surface area contributed by atoms with Gasteiger partial charge in [0.2, 0.25) is 0 Å². The average molecular weight is 215 g/mol. The monoisotopic (exact) mass is 215 g/mol. The van der Waals surface area contributed by atoms with Crippen molar-refractivity contribution in [2.24, 2.45) is 0 Å². The molecule has 2 unspecified atom stereocenters. The van der Waals surface area contributed by atoms with Gasteiger partial charge in [-0.3, -0.25) is 0 Å². The smallest absolute Gasteiger partial charge is 0.0834 e. The molecule has 0 radical (unpaired) electrons. The van der Waals surface area contributed by atoms with Gasteiger partial charge in [-0.25, -0.2) is 0 Å². The van der Waals surface area contributed by atoms with Crippen LogP contribution < -0.4 is 5.32 Å². The second kappa shape index (κ2) is 5.83. The van der Waals surface area contributed by atoms with E-state index < -0.39 is 0 Å². The van der Waals surface area contributed by atoms with Crippen LogP contribution in [0.2, 0.25) is 0 Å². The van der Waals surface area contributed by atoms with Gasteiger partial charge in [-0.2, -0.15) is 0 Å². The summed E-state index contributed by atoms with van der Waals surface area (Å²) in [6.07, 6.45) is 2.75. The van der Waals surface area contributed by atoms with Crippen molar-refractivity contribution in [2.45, 2.75) is 58.3 Å². The van der Waals surface area contributed by atoms with E-state index in [9.17, 15) is 0 Å². The molecule has 1 fully saturated rings. The topological polar surface area (TPSA) is 30.5 Å². The van der Waals surface area contributed by atoms with Crippen molar-refractivity contribution in [3.8, 4) is 0 Å². The molecule has 1 heterocycles. The number of rotatable bonds is 6. The van der Waals surface area contributed by atoms with Gasteiger partial charge in [0.15, 0.2) is 0 Å². The molecular weight excluding hydrogens is 190 g/mol. The van der Waals surface area contributed by atoms with E-state index in [2.05, 4.69) is 33.0 Å². The fourth-order valence-corrected chi connectivity index (χ4v) is 1.54. The third kappa shape index (κ3) is 4.96. The van der Waals surface area contributed by atoms with Gasteiger partial charge < -0.3 is 14.8 Å². The largest absolute Gasteiger partial charge is 0.379 e. The fourth-order valence-electron chi connectivity index (χ4n) is 1.54. The molecule has 0 spiro atoms. The summed E-state index contributed by atoms with van der Waals surface area (Å²) in [5.74, 6) is 0. The minimum Gasteiger partial charge on any atom is -0.379 e. The molecule has 3 nitrogen and oxygen atoms in total. The number of nitrogens with one attached hydrogen (secondary N) is 1. The first kappa shape index (κ1) is 12.9. The lowest BCUT2D eigenvalue weighted by Crippen LogP contribution is -2.43. The maximum Gasteiger partial charge on any atom is 0.0834 e.